The van der Waals surface area contributed by atoms with E-state index < -0.39 is 42.4 Å². The number of pyridine rings is 1. The summed E-state index contributed by atoms with van der Waals surface area (Å²) in [7, 11) is 0. The van der Waals surface area contributed by atoms with E-state index >= 15 is 0 Å². The van der Waals surface area contributed by atoms with Gasteiger partial charge in [-0.1, -0.05) is 18.2 Å². The maximum Gasteiger partial charge on any atom is 0.421 e. The second-order valence-electron chi connectivity index (χ2n) is 7.81. The summed E-state index contributed by atoms with van der Waals surface area (Å²) < 4.78 is 77.5. The normalized spacial score (nSPS) is 12.3. The molecule has 3 aromatic heterocycles. The number of nitrogen functional groups attached to an aromatic ring is 1. The van der Waals surface area contributed by atoms with Crippen molar-refractivity contribution in [2.75, 3.05) is 5.73 Å². The zero-order valence-electron chi connectivity index (χ0n) is 17.9. The van der Waals surface area contributed by atoms with Gasteiger partial charge in [0.25, 0.3) is 0 Å². The Balaban J connectivity index is 1.58. The number of Topliss-reactive ketones (excluding diaryl/α,β-unsaturated/α-hetero) is 1. The molecule has 0 saturated heterocycles. The zero-order valence-corrected chi connectivity index (χ0v) is 17.9. The molecule has 6 nitrogen and oxygen atoms in total. The van der Waals surface area contributed by atoms with Crippen LogP contribution >= 0.6 is 0 Å². The smallest absolute Gasteiger partial charge is 0.383 e. The van der Waals surface area contributed by atoms with Crippen molar-refractivity contribution < 1.29 is 31.1 Å². The number of hydrogen-bond acceptors (Lipinski definition) is 5. The molecule has 0 atom stereocenters. The molecule has 0 amide bonds. The van der Waals surface area contributed by atoms with Gasteiger partial charge >= 0.3 is 12.4 Å². The van der Waals surface area contributed by atoms with Crippen molar-refractivity contribution in [3.05, 3.63) is 66.1 Å². The second-order valence-corrected chi connectivity index (χ2v) is 7.81. The molecule has 0 aliphatic heterocycles. The van der Waals surface area contributed by atoms with Crippen LogP contribution in [0.1, 0.15) is 24.0 Å². The van der Waals surface area contributed by atoms with Crippen molar-refractivity contribution in [1.29, 1.82) is 0 Å². The van der Waals surface area contributed by atoms with Crippen LogP contribution in [0.15, 0.2) is 55.0 Å². The third kappa shape index (κ3) is 5.58. The molecule has 0 saturated carbocycles. The first-order chi connectivity index (χ1) is 16.4. The van der Waals surface area contributed by atoms with E-state index in [1.165, 1.54) is 0 Å². The van der Waals surface area contributed by atoms with Crippen molar-refractivity contribution >= 4 is 17.2 Å². The zero-order chi connectivity index (χ0) is 25.4. The van der Waals surface area contributed by atoms with E-state index in [2.05, 4.69) is 15.0 Å². The summed E-state index contributed by atoms with van der Waals surface area (Å²) in [6, 6.07) is 9.97. The van der Waals surface area contributed by atoms with E-state index in [4.69, 9.17) is 5.73 Å². The van der Waals surface area contributed by atoms with Gasteiger partial charge in [-0.2, -0.15) is 26.3 Å². The molecule has 4 aromatic rings. The highest BCUT2D eigenvalue weighted by Crippen LogP contribution is 2.33. The minimum Gasteiger partial charge on any atom is -0.383 e. The monoisotopic (exact) mass is 493 g/mol. The fourth-order valence-corrected chi connectivity index (χ4v) is 3.52. The largest absolute Gasteiger partial charge is 0.421 e. The number of halogens is 6. The van der Waals surface area contributed by atoms with E-state index in [0.29, 0.717) is 34.2 Å². The number of carbonyl (C=O) groups is 1. The van der Waals surface area contributed by atoms with Crippen LogP contribution < -0.4 is 5.73 Å². The Bertz CT molecular complexity index is 1390. The fraction of sp³-hybridized carbons (Fsp3) is 0.217. The van der Waals surface area contributed by atoms with Crippen LogP contribution in [0.25, 0.3) is 28.3 Å². The summed E-state index contributed by atoms with van der Waals surface area (Å²) in [4.78, 5) is 23.8. The molecule has 4 rings (SSSR count). The van der Waals surface area contributed by atoms with Gasteiger partial charge in [0.1, 0.15) is 22.8 Å². The van der Waals surface area contributed by atoms with Gasteiger partial charge in [-0.05, 0) is 23.8 Å². The van der Waals surface area contributed by atoms with Crippen molar-refractivity contribution in [2.45, 2.75) is 31.6 Å². The Morgan fingerprint density at radius 1 is 0.971 bits per heavy atom. The molecule has 182 valence electrons. The van der Waals surface area contributed by atoms with Gasteiger partial charge in [0, 0.05) is 36.4 Å². The van der Waals surface area contributed by atoms with Gasteiger partial charge in [0.05, 0.1) is 18.3 Å². The second kappa shape index (κ2) is 9.01. The maximum absolute atomic E-state index is 12.9. The number of hydrogen-bond donors (Lipinski definition) is 1. The van der Waals surface area contributed by atoms with Crippen LogP contribution in [0, 0.1) is 0 Å². The molecular formula is C23H17F6N5O. The molecule has 0 spiro atoms. The average molecular weight is 493 g/mol. The molecule has 35 heavy (non-hydrogen) atoms. The highest BCUT2D eigenvalue weighted by Gasteiger charge is 2.34. The summed E-state index contributed by atoms with van der Waals surface area (Å²) >= 11 is 0. The molecule has 0 aliphatic rings. The molecule has 0 aliphatic carbocycles. The topological polar surface area (TPSA) is 86.2 Å². The van der Waals surface area contributed by atoms with Crippen LogP contribution in [0.5, 0.6) is 0 Å². The number of fused-ring (bicyclic) bond motifs is 1. The number of carbonyl (C=O) groups excluding carboxylic acids is 1. The molecule has 0 fully saturated rings. The number of ketones is 1. The fourth-order valence-electron chi connectivity index (χ4n) is 3.52. The van der Waals surface area contributed by atoms with Gasteiger partial charge in [-0.3, -0.25) is 9.20 Å². The Kier molecular flexibility index (Phi) is 6.22. The van der Waals surface area contributed by atoms with Gasteiger partial charge in [-0.25, -0.2) is 15.0 Å². The Morgan fingerprint density at radius 2 is 1.74 bits per heavy atom. The van der Waals surface area contributed by atoms with Gasteiger partial charge in [0.15, 0.2) is 5.82 Å². The molecule has 1 aromatic carbocycles. The number of nitrogens with zero attached hydrogens (tertiary/aromatic N) is 4. The minimum atomic E-state index is -4.66. The predicted molar refractivity (Wildman–Crippen MR) is 115 cm³/mol. The number of imidazole rings is 1. The number of benzene rings is 1. The maximum atomic E-state index is 12.9. The summed E-state index contributed by atoms with van der Waals surface area (Å²) in [6.07, 6.45) is -7.10. The number of nitrogens with two attached hydrogens (primary N) is 1. The quantitative estimate of drug-likeness (QED) is 0.358. The predicted octanol–water partition coefficient (Wildman–Crippen LogP) is 5.51. The molecule has 3 heterocycles. The average Bonchev–Trinajstić information content (AvgIpc) is 3.20. The SMILES string of the molecule is Nc1nc(-c2ccn3c(-c4cccc(CC(=O)CCC(F)(F)F)c4)cnc3c2)ncc1C(F)(F)F. The molecule has 2 N–H and O–H groups in total. The first kappa shape index (κ1) is 24.2. The molecular weight excluding hydrogens is 476 g/mol. The van der Waals surface area contributed by atoms with Gasteiger partial charge in [0.2, 0.25) is 0 Å². The highest BCUT2D eigenvalue weighted by molar-refractivity contribution is 5.81. The van der Waals surface area contributed by atoms with E-state index in [0.717, 1.165) is 0 Å². The number of anilines is 1. The van der Waals surface area contributed by atoms with Crippen molar-refractivity contribution in [3.8, 4) is 22.6 Å². The first-order valence-corrected chi connectivity index (χ1v) is 10.3. The van der Waals surface area contributed by atoms with E-state index in [9.17, 15) is 31.1 Å². The summed E-state index contributed by atoms with van der Waals surface area (Å²) in [5.74, 6) is -1.20. The lowest BCUT2D eigenvalue weighted by molar-refractivity contribution is -0.143. The number of aromatic nitrogens is 4. The van der Waals surface area contributed by atoms with Crippen LogP contribution in [-0.4, -0.2) is 31.3 Å². The van der Waals surface area contributed by atoms with Crippen LogP contribution in [0.3, 0.4) is 0 Å². The van der Waals surface area contributed by atoms with Gasteiger partial charge in [-0.15, -0.1) is 0 Å². The molecule has 0 unspecified atom stereocenters. The third-order valence-electron chi connectivity index (χ3n) is 5.21. The standard InChI is InChI=1S/C23H17F6N5O/c24-22(25,26)6-4-16(35)9-13-2-1-3-14(8-13)18-12-31-19-10-15(5-7-34(18)19)21-32-11-17(20(30)33-21)23(27,28)29/h1-3,5,7-8,10-12H,4,6,9H2,(H2,30,32,33). The van der Waals surface area contributed by atoms with E-state index in [1.807, 2.05) is 0 Å². The Labute approximate surface area is 194 Å². The van der Waals surface area contributed by atoms with Crippen LogP contribution in [-0.2, 0) is 17.4 Å². The van der Waals surface area contributed by atoms with Crippen molar-refractivity contribution in [3.63, 3.8) is 0 Å². The minimum absolute atomic E-state index is 0.00177. The van der Waals surface area contributed by atoms with Crippen molar-refractivity contribution in [1.82, 2.24) is 19.4 Å². The summed E-state index contributed by atoms with van der Waals surface area (Å²) in [5, 5.41) is 0. The van der Waals surface area contributed by atoms with E-state index in [-0.39, 0.29) is 12.2 Å². The molecule has 0 radical (unpaired) electrons. The number of alkyl halides is 6. The van der Waals surface area contributed by atoms with Crippen LogP contribution in [0.4, 0.5) is 32.2 Å². The highest BCUT2D eigenvalue weighted by atomic mass is 19.4. The summed E-state index contributed by atoms with van der Waals surface area (Å²) in [5.41, 5.74) is 7.07. The van der Waals surface area contributed by atoms with Gasteiger partial charge < -0.3 is 5.73 Å². The number of rotatable bonds is 6. The lowest BCUT2D eigenvalue weighted by Gasteiger charge is -2.10. The lowest BCUT2D eigenvalue weighted by atomic mass is 10.0. The Hall–Kier alpha value is -3.96. The molecule has 0 bridgehead atoms. The molecule has 12 heteroatoms. The lowest BCUT2D eigenvalue weighted by Crippen LogP contribution is -2.12. The third-order valence-corrected chi connectivity index (χ3v) is 5.21. The first-order valence-electron chi connectivity index (χ1n) is 10.3. The Morgan fingerprint density at radius 3 is 2.43 bits per heavy atom. The summed E-state index contributed by atoms with van der Waals surface area (Å²) in [6.45, 7) is 0. The van der Waals surface area contributed by atoms with Crippen molar-refractivity contribution in [2.24, 2.45) is 0 Å². The van der Waals surface area contributed by atoms with Crippen LogP contribution in [0.2, 0.25) is 0 Å². The van der Waals surface area contributed by atoms with E-state index in [1.54, 1.807) is 53.2 Å².